The van der Waals surface area contributed by atoms with E-state index in [2.05, 4.69) is 22.7 Å². The molecule has 154 valence electrons. The van der Waals surface area contributed by atoms with Crippen LogP contribution in [-0.4, -0.2) is 35.7 Å². The zero-order chi connectivity index (χ0) is 20.8. The van der Waals surface area contributed by atoms with E-state index in [0.29, 0.717) is 22.9 Å². The molecule has 2 N–H and O–H groups in total. The quantitative estimate of drug-likeness (QED) is 0.747. The van der Waals surface area contributed by atoms with Crippen molar-refractivity contribution in [1.82, 2.24) is 15.8 Å². The maximum atomic E-state index is 12.5. The first-order chi connectivity index (χ1) is 14.0. The third-order valence-electron chi connectivity index (χ3n) is 5.13. The van der Waals surface area contributed by atoms with E-state index in [1.807, 2.05) is 18.2 Å². The number of esters is 1. The van der Waals surface area contributed by atoms with Crippen molar-refractivity contribution in [3.63, 3.8) is 0 Å². The van der Waals surface area contributed by atoms with E-state index in [9.17, 15) is 14.4 Å². The Hall–Kier alpha value is -3.16. The molecule has 2 aromatic rings. The summed E-state index contributed by atoms with van der Waals surface area (Å²) >= 11 is 0. The van der Waals surface area contributed by atoms with Crippen molar-refractivity contribution >= 4 is 17.9 Å². The summed E-state index contributed by atoms with van der Waals surface area (Å²) in [6, 6.07) is 8.52. The number of hydrogen-bond donors (Lipinski definition) is 2. The lowest BCUT2D eigenvalue weighted by atomic mass is 9.86. The first-order valence-electron chi connectivity index (χ1n) is 9.75. The number of aryl methyl sites for hydroxylation is 1. The lowest BCUT2D eigenvalue weighted by molar-refractivity contribution is -0.123. The fourth-order valence-electron chi connectivity index (χ4n) is 3.51. The summed E-state index contributed by atoms with van der Waals surface area (Å²) in [4.78, 5) is 36.5. The zero-order valence-corrected chi connectivity index (χ0v) is 16.6. The van der Waals surface area contributed by atoms with Gasteiger partial charge in [0.15, 0.2) is 6.61 Å². The number of urea groups is 1. The fraction of sp³-hybridized carbons (Fsp3) is 0.429. The monoisotopic (exact) mass is 399 g/mol. The first-order valence-corrected chi connectivity index (χ1v) is 9.75. The molecule has 1 aromatic carbocycles. The number of rotatable bonds is 5. The van der Waals surface area contributed by atoms with Crippen molar-refractivity contribution in [2.75, 3.05) is 6.61 Å². The molecule has 8 heteroatoms. The molecule has 3 amide bonds. The van der Waals surface area contributed by atoms with Gasteiger partial charge in [-0.25, -0.2) is 9.59 Å². The van der Waals surface area contributed by atoms with Gasteiger partial charge in [-0.15, -0.1) is 0 Å². The second-order valence-electron chi connectivity index (χ2n) is 7.29. The second kappa shape index (κ2) is 9.36. The fourth-order valence-corrected chi connectivity index (χ4v) is 3.51. The minimum Gasteiger partial charge on any atom is -0.452 e. The van der Waals surface area contributed by atoms with Crippen LogP contribution in [0.5, 0.6) is 0 Å². The Morgan fingerprint density at radius 2 is 1.90 bits per heavy atom. The molecule has 0 saturated heterocycles. The number of nitrogens with one attached hydrogen (secondary N) is 2. The molecule has 1 aliphatic carbocycles. The topological polar surface area (TPSA) is 111 Å². The molecular weight excluding hydrogens is 374 g/mol. The third kappa shape index (κ3) is 5.22. The van der Waals surface area contributed by atoms with Crippen LogP contribution < -0.4 is 10.6 Å². The predicted molar refractivity (Wildman–Crippen MR) is 105 cm³/mol. The highest BCUT2D eigenvalue weighted by molar-refractivity contribution is 5.99. The zero-order valence-electron chi connectivity index (χ0n) is 16.6. The number of imide groups is 1. The van der Waals surface area contributed by atoms with E-state index >= 15 is 0 Å². The van der Waals surface area contributed by atoms with Crippen molar-refractivity contribution in [2.24, 2.45) is 5.92 Å². The van der Waals surface area contributed by atoms with Crippen LogP contribution >= 0.6 is 0 Å². The highest BCUT2D eigenvalue weighted by Crippen LogP contribution is 2.26. The molecule has 1 fully saturated rings. The summed E-state index contributed by atoms with van der Waals surface area (Å²) in [6.45, 7) is 3.10. The SMILES string of the molecule is Cc1onc(-c2ccccc2)c1C(=O)OCC(=O)NC(=O)N[C@H]1CCCC[C@@H]1C. The van der Waals surface area contributed by atoms with E-state index in [-0.39, 0.29) is 11.6 Å². The highest BCUT2D eigenvalue weighted by atomic mass is 16.5. The summed E-state index contributed by atoms with van der Waals surface area (Å²) in [5.74, 6) is -0.776. The van der Waals surface area contributed by atoms with E-state index in [1.54, 1.807) is 19.1 Å². The van der Waals surface area contributed by atoms with Crippen molar-refractivity contribution in [1.29, 1.82) is 0 Å². The van der Waals surface area contributed by atoms with Crippen LogP contribution in [0.4, 0.5) is 4.79 Å². The van der Waals surface area contributed by atoms with Crippen molar-refractivity contribution in [3.05, 3.63) is 41.7 Å². The van der Waals surface area contributed by atoms with E-state index < -0.39 is 24.5 Å². The second-order valence-corrected chi connectivity index (χ2v) is 7.29. The maximum Gasteiger partial charge on any atom is 0.344 e. The predicted octanol–water partition coefficient (Wildman–Crippen LogP) is 3.21. The highest BCUT2D eigenvalue weighted by Gasteiger charge is 2.25. The summed E-state index contributed by atoms with van der Waals surface area (Å²) in [6.07, 6.45) is 4.16. The van der Waals surface area contributed by atoms with Crippen LogP contribution in [0.25, 0.3) is 11.3 Å². The van der Waals surface area contributed by atoms with Crippen LogP contribution in [0.1, 0.15) is 48.7 Å². The van der Waals surface area contributed by atoms with Gasteiger partial charge in [-0.1, -0.05) is 55.3 Å². The Morgan fingerprint density at radius 1 is 1.17 bits per heavy atom. The number of nitrogens with zero attached hydrogens (tertiary/aromatic N) is 1. The standard InChI is InChI=1S/C21H25N3O5/c1-13-8-6-7-11-16(13)22-21(27)23-17(25)12-28-20(26)18-14(2)29-24-19(18)15-9-4-3-5-10-15/h3-5,9-10,13,16H,6-8,11-12H2,1-2H3,(H2,22,23,25,27)/t13-,16-/m0/s1. The normalized spacial score (nSPS) is 18.7. The van der Waals surface area contributed by atoms with Gasteiger partial charge in [-0.3, -0.25) is 10.1 Å². The molecule has 2 atom stereocenters. The van der Waals surface area contributed by atoms with E-state index in [1.165, 1.54) is 0 Å². The number of ether oxygens (including phenoxy) is 1. The van der Waals surface area contributed by atoms with Crippen LogP contribution in [0.15, 0.2) is 34.9 Å². The molecule has 1 aromatic heterocycles. The van der Waals surface area contributed by atoms with Gasteiger partial charge in [0.05, 0.1) is 0 Å². The Kier molecular flexibility index (Phi) is 6.64. The number of benzene rings is 1. The third-order valence-corrected chi connectivity index (χ3v) is 5.13. The average Bonchev–Trinajstić information content (AvgIpc) is 3.10. The number of aromatic nitrogens is 1. The largest absolute Gasteiger partial charge is 0.452 e. The van der Waals surface area contributed by atoms with Crippen molar-refractivity contribution < 1.29 is 23.6 Å². The molecule has 0 bridgehead atoms. The van der Waals surface area contributed by atoms with Crippen LogP contribution in [0.2, 0.25) is 0 Å². The summed E-state index contributed by atoms with van der Waals surface area (Å²) in [5, 5.41) is 8.94. The van der Waals surface area contributed by atoms with Gasteiger partial charge in [-0.2, -0.15) is 0 Å². The Labute approximate surface area is 169 Å². The molecule has 3 rings (SSSR count). The van der Waals surface area contributed by atoms with Gasteiger partial charge in [-0.05, 0) is 25.7 Å². The molecule has 0 unspecified atom stereocenters. The molecule has 1 heterocycles. The summed E-state index contributed by atoms with van der Waals surface area (Å²) in [5.41, 5.74) is 1.20. The lowest BCUT2D eigenvalue weighted by Gasteiger charge is -2.29. The van der Waals surface area contributed by atoms with Crippen molar-refractivity contribution in [2.45, 2.75) is 45.6 Å². The molecule has 29 heavy (non-hydrogen) atoms. The van der Waals surface area contributed by atoms with Crippen LogP contribution in [0.3, 0.4) is 0 Å². The first kappa shape index (κ1) is 20.6. The molecule has 0 radical (unpaired) electrons. The van der Waals surface area contributed by atoms with Crippen molar-refractivity contribution in [3.8, 4) is 11.3 Å². The molecule has 1 saturated carbocycles. The van der Waals surface area contributed by atoms with Gasteiger partial charge in [0.25, 0.3) is 5.91 Å². The van der Waals surface area contributed by atoms with Gasteiger partial charge >= 0.3 is 12.0 Å². The van der Waals surface area contributed by atoms with E-state index in [0.717, 1.165) is 25.7 Å². The molecule has 1 aliphatic rings. The molecule has 0 spiro atoms. The van der Waals surface area contributed by atoms with E-state index in [4.69, 9.17) is 9.26 Å². The van der Waals surface area contributed by atoms with Gasteiger partial charge in [0.1, 0.15) is 17.0 Å². The molecule has 8 nitrogen and oxygen atoms in total. The van der Waals surface area contributed by atoms with Gasteiger partial charge in [0.2, 0.25) is 0 Å². The lowest BCUT2D eigenvalue weighted by Crippen LogP contribution is -2.48. The van der Waals surface area contributed by atoms with Crippen LogP contribution in [-0.2, 0) is 9.53 Å². The summed E-state index contributed by atoms with van der Waals surface area (Å²) < 4.78 is 10.2. The number of carbonyl (C=O) groups excluding carboxylic acids is 3. The Bertz CT molecular complexity index is 878. The molecule has 0 aliphatic heterocycles. The van der Waals surface area contributed by atoms with Gasteiger partial charge < -0.3 is 14.6 Å². The number of amides is 3. The molecular formula is C21H25N3O5. The smallest absolute Gasteiger partial charge is 0.344 e. The average molecular weight is 399 g/mol. The minimum absolute atomic E-state index is 0.0483. The Morgan fingerprint density at radius 3 is 2.62 bits per heavy atom. The maximum absolute atomic E-state index is 12.5. The minimum atomic E-state index is -0.737. The number of carbonyl (C=O) groups is 3. The summed E-state index contributed by atoms with van der Waals surface area (Å²) in [7, 11) is 0. The number of hydrogen-bond acceptors (Lipinski definition) is 6. The van der Waals surface area contributed by atoms with Gasteiger partial charge in [0, 0.05) is 11.6 Å². The Balaban J connectivity index is 1.54. The van der Waals surface area contributed by atoms with Crippen LogP contribution in [0, 0.1) is 12.8 Å².